The minimum Gasteiger partial charge on any atom is -0.510 e. The number of hydrogen-bond donors (Lipinski definition) is 1. The predicted molar refractivity (Wildman–Crippen MR) is 98.6 cm³/mol. The topological polar surface area (TPSA) is 80.5 Å². The van der Waals surface area contributed by atoms with Gasteiger partial charge in [-0.2, -0.15) is 5.11 Å². The van der Waals surface area contributed by atoms with Crippen molar-refractivity contribution in [2.24, 2.45) is 10.2 Å². The maximum atomic E-state index is 12.1. The number of methoxy groups -OCH3 is 1. The Morgan fingerprint density at radius 2 is 1.77 bits per heavy atom. The van der Waals surface area contributed by atoms with Crippen molar-refractivity contribution in [2.75, 3.05) is 13.7 Å². The number of carbonyl (C=O) groups is 1. The molecule has 0 radical (unpaired) electrons. The normalized spacial score (nSPS) is 11.9. The van der Waals surface area contributed by atoms with Crippen LogP contribution in [0.15, 0.2) is 76.3 Å². The molecule has 0 aliphatic carbocycles. The second-order valence-electron chi connectivity index (χ2n) is 5.40. The van der Waals surface area contributed by atoms with Gasteiger partial charge < -0.3 is 14.6 Å². The number of allylic oxidation sites excluding steroid dienone is 1. The van der Waals surface area contributed by atoms with Gasteiger partial charge in [-0.05, 0) is 43.2 Å². The molecular weight excluding hydrogens is 332 g/mol. The average molecular weight is 354 g/mol. The first-order chi connectivity index (χ1) is 12.6. The number of nitrogens with zero attached hydrogens (tertiary/aromatic N) is 2. The van der Waals surface area contributed by atoms with Gasteiger partial charge in [-0.1, -0.05) is 30.3 Å². The van der Waals surface area contributed by atoms with E-state index in [1.807, 2.05) is 30.3 Å². The van der Waals surface area contributed by atoms with E-state index < -0.39 is 5.97 Å². The van der Waals surface area contributed by atoms with Crippen molar-refractivity contribution in [2.45, 2.75) is 19.8 Å². The van der Waals surface area contributed by atoms with E-state index in [1.54, 1.807) is 38.3 Å². The summed E-state index contributed by atoms with van der Waals surface area (Å²) in [4.78, 5) is 12.1. The first-order valence-electron chi connectivity index (χ1n) is 8.33. The molecule has 6 nitrogen and oxygen atoms in total. The summed E-state index contributed by atoms with van der Waals surface area (Å²) in [5.41, 5.74) is 1.40. The van der Waals surface area contributed by atoms with Crippen molar-refractivity contribution in [3.05, 3.63) is 71.6 Å². The zero-order valence-electron chi connectivity index (χ0n) is 14.9. The van der Waals surface area contributed by atoms with Crippen LogP contribution >= 0.6 is 0 Å². The number of rotatable bonds is 8. The van der Waals surface area contributed by atoms with E-state index in [1.165, 1.54) is 0 Å². The van der Waals surface area contributed by atoms with Crippen LogP contribution < -0.4 is 4.74 Å². The Hall–Kier alpha value is -3.15. The monoisotopic (exact) mass is 354 g/mol. The molecule has 0 aromatic heterocycles. The van der Waals surface area contributed by atoms with Gasteiger partial charge >= 0.3 is 5.97 Å². The van der Waals surface area contributed by atoms with Crippen LogP contribution in [0.3, 0.4) is 0 Å². The Labute approximate surface area is 152 Å². The molecule has 0 heterocycles. The van der Waals surface area contributed by atoms with Crippen molar-refractivity contribution < 1.29 is 19.4 Å². The standard InChI is InChI=1S/C20H22N2O4/c1-3-26-20(24)19(18(23)14-9-15-7-5-4-6-8-15)22-21-16-10-12-17(25-2)13-11-16/h4-8,10-13,23H,3,9,14H2,1-2H3/b19-18-,22-21?. The Bertz CT molecular complexity index is 768. The molecule has 0 fully saturated rings. The van der Waals surface area contributed by atoms with Crippen molar-refractivity contribution in [1.29, 1.82) is 0 Å². The molecular formula is C20H22N2O4. The first-order valence-corrected chi connectivity index (χ1v) is 8.33. The molecule has 0 aliphatic rings. The lowest BCUT2D eigenvalue weighted by Crippen LogP contribution is -2.09. The van der Waals surface area contributed by atoms with Crippen LogP contribution in [0.4, 0.5) is 5.69 Å². The smallest absolute Gasteiger partial charge is 0.362 e. The van der Waals surface area contributed by atoms with E-state index in [4.69, 9.17) is 9.47 Å². The zero-order valence-corrected chi connectivity index (χ0v) is 14.9. The van der Waals surface area contributed by atoms with Crippen LogP contribution in [0.1, 0.15) is 18.9 Å². The molecule has 0 spiro atoms. The summed E-state index contributed by atoms with van der Waals surface area (Å²) in [7, 11) is 1.57. The van der Waals surface area contributed by atoms with Crippen LogP contribution in [-0.2, 0) is 16.0 Å². The predicted octanol–water partition coefficient (Wildman–Crippen LogP) is 4.74. The highest BCUT2D eigenvalue weighted by atomic mass is 16.5. The Morgan fingerprint density at radius 3 is 2.38 bits per heavy atom. The third kappa shape index (κ3) is 5.73. The van der Waals surface area contributed by atoms with Gasteiger partial charge in [0, 0.05) is 6.42 Å². The number of aliphatic hydroxyl groups excluding tert-OH is 1. The van der Waals surface area contributed by atoms with Gasteiger partial charge in [0.2, 0.25) is 5.70 Å². The maximum Gasteiger partial charge on any atom is 0.362 e. The number of aliphatic hydroxyl groups is 1. The van der Waals surface area contributed by atoms with Gasteiger partial charge in [-0.3, -0.25) is 0 Å². The Kier molecular flexibility index (Phi) is 7.36. The minimum absolute atomic E-state index is 0.149. The summed E-state index contributed by atoms with van der Waals surface area (Å²) in [5.74, 6) is -0.157. The SMILES string of the molecule is CCOC(=O)/C(N=Nc1ccc(OC)cc1)=C(/O)CCc1ccccc1. The van der Waals surface area contributed by atoms with Crippen molar-refractivity contribution >= 4 is 11.7 Å². The van der Waals surface area contributed by atoms with Crippen molar-refractivity contribution in [1.82, 2.24) is 0 Å². The second kappa shape index (κ2) is 9.98. The number of esters is 1. The summed E-state index contributed by atoms with van der Waals surface area (Å²) < 4.78 is 10.1. The molecule has 0 unspecified atom stereocenters. The number of benzene rings is 2. The summed E-state index contributed by atoms with van der Waals surface area (Å²) in [6.45, 7) is 1.88. The van der Waals surface area contributed by atoms with Crippen molar-refractivity contribution in [3.63, 3.8) is 0 Å². The lowest BCUT2D eigenvalue weighted by atomic mass is 10.1. The summed E-state index contributed by atoms with van der Waals surface area (Å²) in [5, 5.41) is 18.3. The molecule has 0 saturated heterocycles. The van der Waals surface area contributed by atoms with E-state index in [0.717, 1.165) is 5.56 Å². The molecule has 2 aromatic rings. The highest BCUT2D eigenvalue weighted by molar-refractivity contribution is 5.88. The second-order valence-corrected chi connectivity index (χ2v) is 5.40. The van der Waals surface area contributed by atoms with Gasteiger partial charge in [-0.25, -0.2) is 4.79 Å². The molecule has 1 N–H and O–H groups in total. The molecule has 0 bridgehead atoms. The molecule has 136 valence electrons. The number of azo groups is 1. The molecule has 2 rings (SSSR count). The molecule has 6 heteroatoms. The van der Waals surface area contributed by atoms with Gasteiger partial charge in [0.15, 0.2) is 0 Å². The average Bonchev–Trinajstić information content (AvgIpc) is 2.68. The number of ether oxygens (including phenoxy) is 2. The van der Waals surface area contributed by atoms with Gasteiger partial charge in [0.05, 0.1) is 19.4 Å². The van der Waals surface area contributed by atoms with E-state index in [2.05, 4.69) is 10.2 Å². The Balaban J connectivity index is 2.17. The quantitative estimate of drug-likeness (QED) is 0.321. The fraction of sp³-hybridized carbons (Fsp3) is 0.250. The third-order valence-electron chi connectivity index (χ3n) is 3.57. The summed E-state index contributed by atoms with van der Waals surface area (Å²) >= 11 is 0. The van der Waals surface area contributed by atoms with Crippen LogP contribution in [0.2, 0.25) is 0 Å². The molecule has 0 aliphatic heterocycles. The summed E-state index contributed by atoms with van der Waals surface area (Å²) in [6.07, 6.45) is 0.841. The number of aryl methyl sites for hydroxylation is 1. The number of carbonyl (C=O) groups excluding carboxylic acids is 1. The van der Waals surface area contributed by atoms with Gasteiger partial charge in [-0.15, -0.1) is 5.11 Å². The molecule has 2 aromatic carbocycles. The molecule has 0 atom stereocenters. The fourth-order valence-corrected chi connectivity index (χ4v) is 2.20. The van der Waals surface area contributed by atoms with Gasteiger partial charge in [0.25, 0.3) is 0 Å². The largest absolute Gasteiger partial charge is 0.510 e. The molecule has 0 amide bonds. The zero-order chi connectivity index (χ0) is 18.8. The highest BCUT2D eigenvalue weighted by Crippen LogP contribution is 2.20. The first kappa shape index (κ1) is 19.2. The van der Waals surface area contributed by atoms with E-state index >= 15 is 0 Å². The van der Waals surface area contributed by atoms with E-state index in [0.29, 0.717) is 17.9 Å². The van der Waals surface area contributed by atoms with Gasteiger partial charge in [0.1, 0.15) is 11.5 Å². The Morgan fingerprint density at radius 1 is 1.08 bits per heavy atom. The fourth-order valence-electron chi connectivity index (χ4n) is 2.20. The lowest BCUT2D eigenvalue weighted by Gasteiger charge is -2.06. The molecule has 26 heavy (non-hydrogen) atoms. The maximum absolute atomic E-state index is 12.1. The van der Waals surface area contributed by atoms with Crippen molar-refractivity contribution in [3.8, 4) is 5.75 Å². The van der Waals surface area contributed by atoms with E-state index in [-0.39, 0.29) is 24.5 Å². The molecule has 0 saturated carbocycles. The minimum atomic E-state index is -0.699. The summed E-state index contributed by atoms with van der Waals surface area (Å²) in [6, 6.07) is 16.5. The highest BCUT2D eigenvalue weighted by Gasteiger charge is 2.16. The van der Waals surface area contributed by atoms with Crippen LogP contribution in [0.25, 0.3) is 0 Å². The van der Waals surface area contributed by atoms with Crippen LogP contribution in [0, 0.1) is 0 Å². The lowest BCUT2D eigenvalue weighted by molar-refractivity contribution is -0.138. The van der Waals surface area contributed by atoms with E-state index in [9.17, 15) is 9.90 Å². The van der Waals surface area contributed by atoms with Crippen LogP contribution in [-0.4, -0.2) is 24.8 Å². The number of hydrogen-bond acceptors (Lipinski definition) is 6. The van der Waals surface area contributed by atoms with Crippen LogP contribution in [0.5, 0.6) is 5.75 Å². The third-order valence-corrected chi connectivity index (χ3v) is 3.57.